The number of aromatic nitrogens is 3. The molecule has 0 radical (unpaired) electrons. The van der Waals surface area contributed by atoms with Crippen LogP contribution >= 0.6 is 11.8 Å². The summed E-state index contributed by atoms with van der Waals surface area (Å²) in [5, 5.41) is 21.8. The summed E-state index contributed by atoms with van der Waals surface area (Å²) in [6, 6.07) is 7.46. The van der Waals surface area contributed by atoms with Crippen LogP contribution < -0.4 is 4.74 Å². The topological polar surface area (TPSA) is 109 Å². The van der Waals surface area contributed by atoms with Gasteiger partial charge in [-0.2, -0.15) is 0 Å². The molecule has 2 aromatic heterocycles. The molecule has 3 heterocycles. The van der Waals surface area contributed by atoms with E-state index in [1.54, 1.807) is 25.1 Å². The number of thioether (sulfide) groups is 1. The molecule has 1 aromatic carbocycles. The van der Waals surface area contributed by atoms with E-state index in [2.05, 4.69) is 19.9 Å². The van der Waals surface area contributed by atoms with Gasteiger partial charge >= 0.3 is 5.97 Å². The fourth-order valence-corrected chi connectivity index (χ4v) is 5.61. The zero-order chi connectivity index (χ0) is 24.6. The van der Waals surface area contributed by atoms with Crippen molar-refractivity contribution in [2.75, 3.05) is 32.5 Å². The number of aliphatic hydroxyl groups excluding tert-OH is 1. The lowest BCUT2D eigenvalue weighted by molar-refractivity contribution is -0.146. The van der Waals surface area contributed by atoms with Gasteiger partial charge in [0.1, 0.15) is 12.1 Å². The smallest absolute Gasteiger partial charge is 0.308 e. The molecule has 35 heavy (non-hydrogen) atoms. The Morgan fingerprint density at radius 3 is 2.89 bits per heavy atom. The molecule has 3 aromatic rings. The van der Waals surface area contributed by atoms with Gasteiger partial charge in [0.15, 0.2) is 0 Å². The first-order chi connectivity index (χ1) is 17.0. The Morgan fingerprint density at radius 2 is 2.11 bits per heavy atom. The Kier molecular flexibility index (Phi) is 8.90. The predicted molar refractivity (Wildman–Crippen MR) is 136 cm³/mol. The van der Waals surface area contributed by atoms with Crippen LogP contribution in [0.2, 0.25) is 0 Å². The van der Waals surface area contributed by atoms with Gasteiger partial charge in [0, 0.05) is 35.4 Å². The van der Waals surface area contributed by atoms with Gasteiger partial charge in [0.05, 0.1) is 24.6 Å². The van der Waals surface area contributed by atoms with Crippen molar-refractivity contribution in [3.8, 4) is 5.75 Å². The molecule has 0 aliphatic carbocycles. The summed E-state index contributed by atoms with van der Waals surface area (Å²) < 4.78 is 5.33. The maximum absolute atomic E-state index is 12.1. The lowest BCUT2D eigenvalue weighted by Gasteiger charge is -2.37. The van der Waals surface area contributed by atoms with Crippen LogP contribution in [0, 0.1) is 11.8 Å². The maximum atomic E-state index is 12.1. The number of pyridine rings is 1. The van der Waals surface area contributed by atoms with E-state index >= 15 is 0 Å². The first-order valence-electron chi connectivity index (χ1n) is 12.0. The van der Waals surface area contributed by atoms with E-state index in [0.29, 0.717) is 25.1 Å². The van der Waals surface area contributed by atoms with Crippen LogP contribution in [0.15, 0.2) is 54.1 Å². The summed E-state index contributed by atoms with van der Waals surface area (Å²) in [7, 11) is 1.61. The minimum atomic E-state index is -0.746. The fraction of sp³-hybridized carbons (Fsp3) is 0.462. The minimum Gasteiger partial charge on any atom is -0.497 e. The van der Waals surface area contributed by atoms with Gasteiger partial charge in [-0.3, -0.25) is 9.78 Å². The highest BCUT2D eigenvalue weighted by Gasteiger charge is 2.34. The third kappa shape index (κ3) is 6.68. The molecule has 1 aliphatic heterocycles. The van der Waals surface area contributed by atoms with Gasteiger partial charge in [-0.1, -0.05) is 0 Å². The van der Waals surface area contributed by atoms with Crippen molar-refractivity contribution in [2.24, 2.45) is 11.8 Å². The molecule has 4 rings (SSSR count). The van der Waals surface area contributed by atoms with Crippen molar-refractivity contribution in [3.05, 3.63) is 54.7 Å². The molecule has 0 saturated carbocycles. The van der Waals surface area contributed by atoms with Crippen molar-refractivity contribution in [1.29, 1.82) is 0 Å². The molecular formula is C26H32N4O4S. The Labute approximate surface area is 209 Å². The van der Waals surface area contributed by atoms with Crippen LogP contribution in [0.1, 0.15) is 37.4 Å². The number of aliphatic hydroxyl groups is 1. The van der Waals surface area contributed by atoms with E-state index in [4.69, 9.17) is 4.74 Å². The second-order valence-electron chi connectivity index (χ2n) is 8.95. The van der Waals surface area contributed by atoms with Crippen molar-refractivity contribution < 1.29 is 19.7 Å². The predicted octanol–water partition coefficient (Wildman–Crippen LogP) is 4.05. The average molecular weight is 497 g/mol. The molecule has 8 nitrogen and oxygen atoms in total. The number of carbonyl (C=O) groups is 1. The highest BCUT2D eigenvalue weighted by atomic mass is 32.2. The van der Waals surface area contributed by atoms with Crippen molar-refractivity contribution in [1.82, 2.24) is 19.9 Å². The summed E-state index contributed by atoms with van der Waals surface area (Å²) in [5.41, 5.74) is 1.61. The normalized spacial score (nSPS) is 19.5. The quantitative estimate of drug-likeness (QED) is 0.300. The number of hydrogen-bond acceptors (Lipinski definition) is 8. The number of ether oxygens (including phenoxy) is 1. The largest absolute Gasteiger partial charge is 0.497 e. The average Bonchev–Trinajstić information content (AvgIpc) is 2.89. The van der Waals surface area contributed by atoms with Gasteiger partial charge in [-0.25, -0.2) is 9.97 Å². The number of benzene rings is 1. The van der Waals surface area contributed by atoms with Crippen molar-refractivity contribution >= 4 is 28.6 Å². The number of likely N-dealkylation sites (tertiary alicyclic amines) is 1. The van der Waals surface area contributed by atoms with Crippen LogP contribution in [0.4, 0.5) is 0 Å². The monoisotopic (exact) mass is 496 g/mol. The maximum Gasteiger partial charge on any atom is 0.308 e. The molecular weight excluding hydrogens is 464 g/mol. The highest BCUT2D eigenvalue weighted by Crippen LogP contribution is 2.34. The van der Waals surface area contributed by atoms with E-state index in [9.17, 15) is 15.0 Å². The zero-order valence-corrected chi connectivity index (χ0v) is 20.7. The van der Waals surface area contributed by atoms with E-state index in [0.717, 1.165) is 53.0 Å². The summed E-state index contributed by atoms with van der Waals surface area (Å²) in [4.78, 5) is 27.8. The summed E-state index contributed by atoms with van der Waals surface area (Å²) in [5.74, 6) is 0.552. The fourth-order valence-electron chi connectivity index (χ4n) is 4.83. The molecule has 3 atom stereocenters. The molecule has 9 heteroatoms. The summed E-state index contributed by atoms with van der Waals surface area (Å²) in [6.45, 7) is 2.33. The number of nitrogens with zero attached hydrogens (tertiary/aromatic N) is 4. The number of aliphatic carboxylic acids is 1. The third-order valence-corrected chi connectivity index (χ3v) is 7.77. The SMILES string of the molecule is COc1ccc2nccc([C@@H](O)CC[C@@H]3CCN(CCCSc4cncnc4)C[C@@H]3C(=O)O)c2c1. The number of piperidine rings is 1. The Bertz CT molecular complexity index is 1120. The van der Waals surface area contributed by atoms with E-state index in [-0.39, 0.29) is 5.92 Å². The molecule has 1 saturated heterocycles. The molecule has 1 fully saturated rings. The standard InChI is InChI=1S/C26H32N4O4S/c1-34-19-4-5-24-22(13-19)21(7-9-29-24)25(31)6-3-18-8-11-30(16-23(18)26(32)33)10-2-12-35-20-14-27-17-28-15-20/h4-5,7,9,13-15,17-18,23,25,31H,2-3,6,8,10-12,16H2,1H3,(H,32,33)/t18-,23+,25+/m1/s1. The third-order valence-electron chi connectivity index (χ3n) is 6.73. The van der Waals surface area contributed by atoms with E-state index in [1.165, 1.54) is 6.33 Å². The Hall–Kier alpha value is -2.75. The number of carboxylic acids is 1. The number of methoxy groups -OCH3 is 1. The first-order valence-corrected chi connectivity index (χ1v) is 13.0. The number of hydrogen-bond donors (Lipinski definition) is 2. The number of rotatable bonds is 11. The van der Waals surface area contributed by atoms with Crippen LogP contribution in [-0.2, 0) is 4.79 Å². The number of carboxylic acid groups (broad SMARTS) is 1. The second-order valence-corrected chi connectivity index (χ2v) is 10.1. The second kappa shape index (κ2) is 12.3. The molecule has 1 aliphatic rings. The summed E-state index contributed by atoms with van der Waals surface area (Å²) in [6.07, 6.45) is 9.16. The molecule has 0 bridgehead atoms. The van der Waals surface area contributed by atoms with Gasteiger partial charge in [0.25, 0.3) is 0 Å². The Balaban J connectivity index is 1.30. The Morgan fingerprint density at radius 1 is 1.29 bits per heavy atom. The van der Waals surface area contributed by atoms with Crippen LogP contribution in [-0.4, -0.2) is 68.5 Å². The van der Waals surface area contributed by atoms with Gasteiger partial charge in [-0.05, 0) is 80.3 Å². The zero-order valence-electron chi connectivity index (χ0n) is 19.9. The minimum absolute atomic E-state index is 0.0527. The van der Waals surface area contributed by atoms with Crippen molar-refractivity contribution in [3.63, 3.8) is 0 Å². The highest BCUT2D eigenvalue weighted by molar-refractivity contribution is 7.99. The molecule has 186 valence electrons. The lowest BCUT2D eigenvalue weighted by atomic mass is 9.81. The van der Waals surface area contributed by atoms with E-state index in [1.807, 2.05) is 36.7 Å². The van der Waals surface area contributed by atoms with Gasteiger partial charge in [0.2, 0.25) is 0 Å². The van der Waals surface area contributed by atoms with Crippen LogP contribution in [0.3, 0.4) is 0 Å². The van der Waals surface area contributed by atoms with Gasteiger partial charge < -0.3 is 19.8 Å². The van der Waals surface area contributed by atoms with Crippen molar-refractivity contribution in [2.45, 2.75) is 36.7 Å². The first kappa shape index (κ1) is 25.3. The van der Waals surface area contributed by atoms with E-state index < -0.39 is 18.0 Å². The molecule has 0 spiro atoms. The molecule has 0 amide bonds. The molecule has 0 unspecified atom stereocenters. The lowest BCUT2D eigenvalue weighted by Crippen LogP contribution is -2.44. The molecule has 2 N–H and O–H groups in total. The van der Waals surface area contributed by atoms with Crippen LogP contribution in [0.25, 0.3) is 10.9 Å². The van der Waals surface area contributed by atoms with Gasteiger partial charge in [-0.15, -0.1) is 11.8 Å². The summed E-state index contributed by atoms with van der Waals surface area (Å²) >= 11 is 1.72. The number of fused-ring (bicyclic) bond motifs is 1. The van der Waals surface area contributed by atoms with Crippen LogP contribution in [0.5, 0.6) is 5.75 Å².